The molecule has 2 aromatic carbocycles. The van der Waals surface area contributed by atoms with Gasteiger partial charge in [-0.2, -0.15) is 0 Å². The number of aromatic nitrogens is 2. The van der Waals surface area contributed by atoms with Gasteiger partial charge >= 0.3 is 6.29 Å². The number of hydrogen-bond donors (Lipinski definition) is 1. The van der Waals surface area contributed by atoms with E-state index in [9.17, 15) is 22.4 Å². The standard InChI is InChI=1S/C18H9F4N3O3.C2H6/c19-10-4-2-5-11(20)15(10)17(26)25-14-8-23-12(7-24-14)9-3-1-6-13-16(9)28-18(21,22)27-13;1-2/h1-8H,(H,24,25,26);1-2H3. The van der Waals surface area contributed by atoms with Crippen LogP contribution in [-0.2, 0) is 0 Å². The molecule has 0 spiro atoms. The van der Waals surface area contributed by atoms with Gasteiger partial charge in [-0.05, 0) is 24.3 Å². The van der Waals surface area contributed by atoms with Crippen LogP contribution in [-0.4, -0.2) is 22.2 Å². The van der Waals surface area contributed by atoms with E-state index in [1.807, 2.05) is 13.8 Å². The molecule has 2 heterocycles. The largest absolute Gasteiger partial charge is 0.586 e. The topological polar surface area (TPSA) is 73.3 Å². The van der Waals surface area contributed by atoms with Crippen LogP contribution in [0.4, 0.5) is 23.4 Å². The lowest BCUT2D eigenvalue weighted by molar-refractivity contribution is -0.286. The first-order valence-corrected chi connectivity index (χ1v) is 8.81. The highest BCUT2D eigenvalue weighted by Crippen LogP contribution is 2.46. The second-order valence-corrected chi connectivity index (χ2v) is 5.64. The van der Waals surface area contributed by atoms with E-state index in [2.05, 4.69) is 24.8 Å². The summed E-state index contributed by atoms with van der Waals surface area (Å²) < 4.78 is 62.7. The average Bonchev–Trinajstić information content (AvgIpc) is 3.04. The van der Waals surface area contributed by atoms with E-state index in [1.54, 1.807) is 0 Å². The van der Waals surface area contributed by atoms with Crippen molar-refractivity contribution in [2.45, 2.75) is 20.1 Å². The molecule has 6 nitrogen and oxygen atoms in total. The average molecular weight is 421 g/mol. The number of ether oxygens (including phenoxy) is 2. The molecule has 30 heavy (non-hydrogen) atoms. The summed E-state index contributed by atoms with van der Waals surface area (Å²) in [5, 5.41) is 2.22. The lowest BCUT2D eigenvalue weighted by Crippen LogP contribution is -2.26. The Morgan fingerprint density at radius 1 is 0.967 bits per heavy atom. The maximum absolute atomic E-state index is 13.7. The Bertz CT molecular complexity index is 1060. The SMILES string of the molecule is CC.O=C(Nc1cnc(-c2cccc3c2OC(F)(F)O3)cn1)c1c(F)cccc1F. The molecule has 4 rings (SSSR count). The van der Waals surface area contributed by atoms with E-state index in [0.29, 0.717) is 0 Å². The van der Waals surface area contributed by atoms with E-state index in [-0.39, 0.29) is 28.6 Å². The van der Waals surface area contributed by atoms with Gasteiger partial charge in [0.15, 0.2) is 17.3 Å². The van der Waals surface area contributed by atoms with Gasteiger partial charge in [0.05, 0.1) is 18.1 Å². The number of amides is 1. The molecule has 1 aliphatic heterocycles. The Balaban J connectivity index is 0.00000124. The first-order chi connectivity index (χ1) is 14.3. The summed E-state index contributed by atoms with van der Waals surface area (Å²) in [4.78, 5) is 20.0. The zero-order chi connectivity index (χ0) is 21.9. The van der Waals surface area contributed by atoms with Gasteiger partial charge < -0.3 is 14.8 Å². The molecule has 0 atom stereocenters. The fourth-order valence-corrected chi connectivity index (χ4v) is 2.60. The Morgan fingerprint density at radius 2 is 1.63 bits per heavy atom. The van der Waals surface area contributed by atoms with Crippen LogP contribution >= 0.6 is 0 Å². The molecule has 3 aromatic rings. The Hall–Kier alpha value is -3.69. The van der Waals surface area contributed by atoms with Gasteiger partial charge in [0.25, 0.3) is 5.91 Å². The van der Waals surface area contributed by atoms with Crippen LogP contribution in [0.3, 0.4) is 0 Å². The molecule has 10 heteroatoms. The molecule has 1 aliphatic rings. The highest BCUT2D eigenvalue weighted by molar-refractivity contribution is 6.04. The summed E-state index contributed by atoms with van der Waals surface area (Å²) in [6.07, 6.45) is -1.49. The molecule has 0 fully saturated rings. The molecule has 1 amide bonds. The number of rotatable bonds is 3. The van der Waals surface area contributed by atoms with Crippen molar-refractivity contribution >= 4 is 11.7 Å². The third-order valence-electron chi connectivity index (χ3n) is 3.79. The number of fused-ring (bicyclic) bond motifs is 1. The van der Waals surface area contributed by atoms with Crippen molar-refractivity contribution in [2.24, 2.45) is 0 Å². The van der Waals surface area contributed by atoms with E-state index in [4.69, 9.17) is 0 Å². The fourth-order valence-electron chi connectivity index (χ4n) is 2.60. The Morgan fingerprint density at radius 3 is 2.27 bits per heavy atom. The number of alkyl halides is 2. The number of nitrogens with zero attached hydrogens (tertiary/aromatic N) is 2. The van der Waals surface area contributed by atoms with Crippen LogP contribution in [0.1, 0.15) is 24.2 Å². The summed E-state index contributed by atoms with van der Waals surface area (Å²) in [5.74, 6) is -3.55. The maximum atomic E-state index is 13.7. The molecule has 0 saturated carbocycles. The smallest absolute Gasteiger partial charge is 0.395 e. The number of carbonyl (C=O) groups is 1. The van der Waals surface area contributed by atoms with Crippen molar-refractivity contribution in [3.63, 3.8) is 0 Å². The van der Waals surface area contributed by atoms with Crippen LogP contribution in [0.15, 0.2) is 48.8 Å². The zero-order valence-electron chi connectivity index (χ0n) is 15.7. The van der Waals surface area contributed by atoms with E-state index in [1.165, 1.54) is 24.4 Å². The van der Waals surface area contributed by atoms with Crippen LogP contribution < -0.4 is 14.8 Å². The molecular weight excluding hydrogens is 406 g/mol. The minimum atomic E-state index is -3.79. The van der Waals surface area contributed by atoms with Gasteiger partial charge in [0.2, 0.25) is 0 Å². The minimum Gasteiger partial charge on any atom is -0.395 e. The molecule has 0 unspecified atom stereocenters. The highest BCUT2D eigenvalue weighted by Gasteiger charge is 2.44. The van der Waals surface area contributed by atoms with Gasteiger partial charge in [-0.1, -0.05) is 26.0 Å². The summed E-state index contributed by atoms with van der Waals surface area (Å²) >= 11 is 0. The molecule has 0 saturated heterocycles. The second kappa shape index (κ2) is 8.36. The van der Waals surface area contributed by atoms with Crippen molar-refractivity contribution in [2.75, 3.05) is 5.32 Å². The lowest BCUT2D eigenvalue weighted by atomic mass is 10.1. The van der Waals surface area contributed by atoms with Crippen molar-refractivity contribution in [3.8, 4) is 22.8 Å². The number of carbonyl (C=O) groups excluding carboxylic acids is 1. The second-order valence-electron chi connectivity index (χ2n) is 5.64. The van der Waals surface area contributed by atoms with E-state index >= 15 is 0 Å². The molecule has 0 aliphatic carbocycles. The third-order valence-corrected chi connectivity index (χ3v) is 3.79. The molecule has 0 radical (unpaired) electrons. The van der Waals surface area contributed by atoms with Gasteiger partial charge in [0.1, 0.15) is 17.2 Å². The highest BCUT2D eigenvalue weighted by atomic mass is 19.3. The van der Waals surface area contributed by atoms with Gasteiger partial charge in [-0.3, -0.25) is 9.78 Å². The predicted octanol–water partition coefficient (Wildman–Crippen LogP) is 5.02. The van der Waals surface area contributed by atoms with Crippen molar-refractivity contribution in [1.82, 2.24) is 9.97 Å². The summed E-state index contributed by atoms with van der Waals surface area (Å²) in [7, 11) is 0. The Labute approximate surface area is 168 Å². The number of benzene rings is 2. The number of nitrogens with one attached hydrogen (secondary N) is 1. The predicted molar refractivity (Wildman–Crippen MR) is 99.3 cm³/mol. The summed E-state index contributed by atoms with van der Waals surface area (Å²) in [6.45, 7) is 4.00. The van der Waals surface area contributed by atoms with Gasteiger partial charge in [-0.25, -0.2) is 13.8 Å². The zero-order valence-corrected chi connectivity index (χ0v) is 15.7. The summed E-state index contributed by atoms with van der Waals surface area (Å²) in [6, 6.07) is 7.27. The van der Waals surface area contributed by atoms with Crippen molar-refractivity contribution < 1.29 is 31.8 Å². The van der Waals surface area contributed by atoms with Gasteiger partial charge in [0, 0.05) is 5.56 Å². The lowest BCUT2D eigenvalue weighted by Gasteiger charge is -2.08. The number of anilines is 1. The maximum Gasteiger partial charge on any atom is 0.586 e. The van der Waals surface area contributed by atoms with Gasteiger partial charge in [-0.15, -0.1) is 8.78 Å². The molecule has 1 aromatic heterocycles. The number of halogens is 4. The number of hydrogen-bond acceptors (Lipinski definition) is 5. The van der Waals surface area contributed by atoms with Crippen LogP contribution in [0, 0.1) is 11.6 Å². The van der Waals surface area contributed by atoms with Crippen molar-refractivity contribution in [1.29, 1.82) is 0 Å². The van der Waals surface area contributed by atoms with E-state index < -0.39 is 29.4 Å². The first kappa shape index (κ1) is 21.0. The van der Waals surface area contributed by atoms with Crippen LogP contribution in [0.25, 0.3) is 11.3 Å². The molecule has 1 N–H and O–H groups in total. The first-order valence-electron chi connectivity index (χ1n) is 8.81. The van der Waals surface area contributed by atoms with Crippen LogP contribution in [0.2, 0.25) is 0 Å². The molecular formula is C20H15F4N3O3. The Kier molecular flexibility index (Phi) is 5.86. The van der Waals surface area contributed by atoms with Crippen LogP contribution in [0.5, 0.6) is 11.5 Å². The summed E-state index contributed by atoms with van der Waals surface area (Å²) in [5.41, 5.74) is -0.407. The van der Waals surface area contributed by atoms with E-state index in [0.717, 1.165) is 24.4 Å². The molecule has 156 valence electrons. The molecule has 0 bridgehead atoms. The number of para-hydroxylation sites is 1. The quantitative estimate of drug-likeness (QED) is 0.601. The third kappa shape index (κ3) is 4.17. The fraction of sp³-hybridized carbons (Fsp3) is 0.150. The minimum absolute atomic E-state index is 0.0912. The normalized spacial score (nSPS) is 13.3. The monoisotopic (exact) mass is 421 g/mol. The van der Waals surface area contributed by atoms with Crippen molar-refractivity contribution in [3.05, 3.63) is 66.0 Å².